The number of fused-ring (bicyclic) bond motifs is 4. The average Bonchev–Trinajstić information content (AvgIpc) is 1.49. The number of aliphatic hydroxyl groups excluding tert-OH is 1. The van der Waals surface area contributed by atoms with Crippen LogP contribution in [-0.2, 0) is 0 Å². The van der Waals surface area contributed by atoms with Crippen molar-refractivity contribution in [1.29, 1.82) is 0 Å². The van der Waals surface area contributed by atoms with Gasteiger partial charge in [-0.05, 0) is 152 Å². The number of hydrogen-bond donors (Lipinski definition) is 10. The number of nitrogen functional groups attached to an aromatic ring is 4. The molecule has 4 amide bonds. The van der Waals surface area contributed by atoms with Crippen molar-refractivity contribution in [2.45, 2.75) is 209 Å². The number of amides is 4. The molecule has 8 heterocycles. The maximum Gasteiger partial charge on any atom is 0.262 e. The summed E-state index contributed by atoms with van der Waals surface area (Å²) in [6.45, 7) is 30.8. The summed E-state index contributed by atoms with van der Waals surface area (Å²) in [5.74, 6) is -3.28. The molecule has 130 heavy (non-hydrogen) atoms. The third-order valence-corrected chi connectivity index (χ3v) is 22.7. The zero-order chi connectivity index (χ0) is 94.8. The van der Waals surface area contributed by atoms with Crippen molar-refractivity contribution >= 4 is 121 Å². The zero-order valence-corrected chi connectivity index (χ0v) is 77.7. The van der Waals surface area contributed by atoms with Gasteiger partial charge in [0.1, 0.15) is 114 Å². The smallest absolute Gasteiger partial charge is 0.262 e. The Bertz CT molecular complexity index is 6480. The Morgan fingerprint density at radius 1 is 0.446 bits per heavy atom. The second-order valence-corrected chi connectivity index (χ2v) is 34.9. The highest BCUT2D eigenvalue weighted by Gasteiger charge is 2.42. The van der Waals surface area contributed by atoms with Crippen molar-refractivity contribution in [3.8, 4) is 23.0 Å². The summed E-state index contributed by atoms with van der Waals surface area (Å²) in [6, 6.07) is 14.8. The molecule has 2 saturated carbocycles. The minimum atomic E-state index is -0.930. The number of para-hydroxylation sites is 1. The van der Waals surface area contributed by atoms with Gasteiger partial charge in [-0.1, -0.05) is 92.3 Å². The SMILES string of the molecule is Cc1nc(C(C)c2cc(Cl)c(F)c(C(=O)NC3CC3)c2OC(C)C)n2ccnc(N)c12.Cc1nc(C(C)c2cc(Cl)c(F)c(C(=O)NCC(C)O)c2OC(C)C)n2ccnc(N)c12.Cc1nc(C(C)c2cc(Cl)c(F)c(C(=O)NCC3(O)CC3)c2OC(C)C)n2ccnc(N)c12.Cc1nc(C(C)c2cc(Cl)c(F)c(C(=O)Nc3ccccc3)c2OC(C)C)n2ccnc(N)c12. The normalized spacial score (nSPS) is 14.0. The molecule has 14 N–H and O–H groups in total. The fourth-order valence-electron chi connectivity index (χ4n) is 15.1. The number of anilines is 5. The highest BCUT2D eigenvalue weighted by molar-refractivity contribution is 6.32. The summed E-state index contributed by atoms with van der Waals surface area (Å²) in [4.78, 5) is 87.2. The molecule has 2 aliphatic rings. The first kappa shape index (κ1) is 96.7. The number of benzene rings is 5. The number of aliphatic hydroxyl groups is 2. The molecular formula is C92H104Cl4F4N20O10. The Labute approximate surface area is 767 Å². The van der Waals surface area contributed by atoms with Crippen LogP contribution in [0.1, 0.15) is 249 Å². The highest BCUT2D eigenvalue weighted by Crippen LogP contribution is 2.46. The standard InChI is InChI=1S/C25H25ClFN5O2.C23H27ClFN5O3.C22H27ClFN5O3.C22H25ClFN5O2/c1-13(2)34-22-17(14(3)24-30-15(4)21-23(28)29-10-11-32(21)24)12-18(26)20(27)19(22)25(33)31-16-8-6-5-7-9-16;1-11(2)33-19-14(12(3)21-29-13(4)18-20(26)27-7-8-30(18)21)9-15(24)17(25)16(19)22(31)28-10-23(32)5-6-23;1-10(2)32-19-14(8-15(23)17(24)16(19)22(31)27-9-11(3)30)12(4)21-28-13(5)18-20(25)26-6-7-29(18)21;1-10(2)31-19-14(9-15(23)17(24)16(19)22(30)28-13-5-6-13)11(3)21-27-12(4)18-20(25)26-7-8-29(18)21/h5-14H,1-4H3,(H2,28,29)(H,31,33);7-9,11-12,32H,5-6,10H2,1-4H3,(H2,26,27)(H,28,31);6-8,10-12,30H,9H2,1-5H3,(H2,25,26)(H,27,31);7-11,13H,5-6H2,1-4H3,(H2,25,26)(H,28,30). The molecular weight excluding hydrogens is 1760 g/mol. The van der Waals surface area contributed by atoms with Gasteiger partial charge < -0.3 is 73.4 Å². The lowest BCUT2D eigenvalue weighted by atomic mass is 9.95. The fraction of sp³-hybridized carbons (Fsp3) is 0.370. The summed E-state index contributed by atoms with van der Waals surface area (Å²) in [5, 5.41) is 29.5. The van der Waals surface area contributed by atoms with Gasteiger partial charge in [0, 0.05) is 120 Å². The van der Waals surface area contributed by atoms with Crippen LogP contribution >= 0.6 is 46.4 Å². The van der Waals surface area contributed by atoms with E-state index in [0.717, 1.165) is 18.5 Å². The Morgan fingerprint density at radius 3 is 0.992 bits per heavy atom. The molecule has 5 unspecified atom stereocenters. The number of nitrogens with two attached hydrogens (primary N) is 4. The molecule has 0 radical (unpaired) electrons. The number of nitrogens with one attached hydrogen (secondary N) is 4. The number of aryl methyl sites for hydroxylation is 4. The maximum atomic E-state index is 15.3. The molecule has 8 aromatic heterocycles. The molecule has 688 valence electrons. The Balaban J connectivity index is 0.000000157. The monoisotopic (exact) mass is 1860 g/mol. The number of carbonyl (C=O) groups excluding carboxylic acids is 4. The van der Waals surface area contributed by atoms with Crippen molar-refractivity contribution in [1.82, 2.24) is 73.4 Å². The van der Waals surface area contributed by atoms with Crippen molar-refractivity contribution in [3.63, 3.8) is 0 Å². The van der Waals surface area contributed by atoms with Gasteiger partial charge in [-0.15, -0.1) is 0 Å². The third-order valence-electron chi connectivity index (χ3n) is 21.6. The average molecular weight is 1870 g/mol. The maximum absolute atomic E-state index is 15.3. The largest absolute Gasteiger partial charge is 0.490 e. The first-order valence-electron chi connectivity index (χ1n) is 42.2. The molecule has 30 nitrogen and oxygen atoms in total. The predicted molar refractivity (Wildman–Crippen MR) is 493 cm³/mol. The highest BCUT2D eigenvalue weighted by atomic mass is 35.5. The van der Waals surface area contributed by atoms with Crippen molar-refractivity contribution in [2.24, 2.45) is 0 Å². The molecule has 38 heteroatoms. The summed E-state index contributed by atoms with van der Waals surface area (Å²) in [7, 11) is 0. The van der Waals surface area contributed by atoms with E-state index in [2.05, 4.69) is 56.2 Å². The number of nitrogens with zero attached hydrogens (tertiary/aromatic N) is 12. The van der Waals surface area contributed by atoms with Crippen molar-refractivity contribution in [2.75, 3.05) is 41.3 Å². The number of hydrogen-bond acceptors (Lipinski definition) is 22. The summed E-state index contributed by atoms with van der Waals surface area (Å²) in [5.41, 5.74) is 30.4. The molecule has 0 bridgehead atoms. The van der Waals surface area contributed by atoms with Crippen LogP contribution in [0.15, 0.2) is 104 Å². The first-order chi connectivity index (χ1) is 61.4. The van der Waals surface area contributed by atoms with Crippen LogP contribution in [0.2, 0.25) is 20.1 Å². The van der Waals surface area contributed by atoms with Crippen LogP contribution in [0.3, 0.4) is 0 Å². The van der Waals surface area contributed by atoms with Gasteiger partial charge in [0.15, 0.2) is 23.3 Å². The minimum absolute atomic E-state index is 0.0279. The van der Waals surface area contributed by atoms with Gasteiger partial charge in [0.05, 0.1) is 79.0 Å². The van der Waals surface area contributed by atoms with Gasteiger partial charge >= 0.3 is 0 Å². The molecule has 2 fully saturated rings. The van der Waals surface area contributed by atoms with E-state index in [1.54, 1.807) is 115 Å². The van der Waals surface area contributed by atoms with E-state index in [1.807, 2.05) is 92.9 Å². The first-order valence-corrected chi connectivity index (χ1v) is 43.7. The minimum Gasteiger partial charge on any atom is -0.490 e. The molecule has 15 rings (SSSR count). The fourth-order valence-corrected chi connectivity index (χ4v) is 15.9. The van der Waals surface area contributed by atoms with Gasteiger partial charge in [-0.3, -0.25) is 36.8 Å². The molecule has 5 aromatic carbocycles. The van der Waals surface area contributed by atoms with E-state index in [0.29, 0.717) is 127 Å². The lowest BCUT2D eigenvalue weighted by Gasteiger charge is -2.23. The quantitative estimate of drug-likeness (QED) is 0.0225. The Hall–Kier alpha value is -12.3. The number of ether oxygens (including phenoxy) is 4. The zero-order valence-electron chi connectivity index (χ0n) is 74.7. The van der Waals surface area contributed by atoms with E-state index in [4.69, 9.17) is 93.3 Å². The Morgan fingerprint density at radius 2 is 0.723 bits per heavy atom. The summed E-state index contributed by atoms with van der Waals surface area (Å²) >= 11 is 25.0. The van der Waals surface area contributed by atoms with Crippen LogP contribution in [0.4, 0.5) is 46.5 Å². The topological polar surface area (TPSA) is 419 Å². The molecule has 5 atom stereocenters. The van der Waals surface area contributed by atoms with Gasteiger partial charge in [-0.25, -0.2) is 57.4 Å². The Kier molecular flexibility index (Phi) is 29.7. The van der Waals surface area contributed by atoms with Gasteiger partial charge in [-0.2, -0.15) is 0 Å². The van der Waals surface area contributed by atoms with E-state index in [-0.39, 0.29) is 115 Å². The van der Waals surface area contributed by atoms with Crippen molar-refractivity contribution in [3.05, 3.63) is 238 Å². The van der Waals surface area contributed by atoms with Gasteiger partial charge in [0.25, 0.3) is 23.6 Å². The molecule has 0 saturated heterocycles. The van der Waals surface area contributed by atoms with E-state index < -0.39 is 76.4 Å². The van der Waals surface area contributed by atoms with E-state index >= 15 is 17.6 Å². The number of rotatable bonds is 26. The van der Waals surface area contributed by atoms with Crippen molar-refractivity contribution < 1.29 is 65.9 Å². The van der Waals surface area contributed by atoms with Crippen LogP contribution < -0.4 is 63.1 Å². The molecule has 13 aromatic rings. The van der Waals surface area contributed by atoms with Crippen LogP contribution in [0, 0.1) is 51.0 Å². The predicted octanol–water partition coefficient (Wildman–Crippen LogP) is 16.9. The third kappa shape index (κ3) is 20.8. The van der Waals surface area contributed by atoms with Crippen LogP contribution in [0.5, 0.6) is 23.0 Å². The van der Waals surface area contributed by atoms with Gasteiger partial charge in [0.2, 0.25) is 0 Å². The second-order valence-electron chi connectivity index (χ2n) is 33.3. The van der Waals surface area contributed by atoms with E-state index in [1.165, 1.54) is 31.2 Å². The number of imidazole rings is 4. The number of aromatic nitrogens is 12. The number of carbonyl (C=O) groups is 4. The summed E-state index contributed by atoms with van der Waals surface area (Å²) in [6.07, 6.45) is 14.2. The molecule has 2 aliphatic carbocycles. The second kappa shape index (κ2) is 39.9. The lowest BCUT2D eigenvalue weighted by molar-refractivity contribution is 0.0883. The van der Waals surface area contributed by atoms with Crippen LogP contribution in [-0.4, -0.2) is 147 Å². The van der Waals surface area contributed by atoms with E-state index in [9.17, 15) is 29.4 Å². The molecule has 0 spiro atoms. The van der Waals surface area contributed by atoms with Crippen LogP contribution in [0.25, 0.3) is 22.1 Å². The summed E-state index contributed by atoms with van der Waals surface area (Å²) < 4.78 is 91.8. The lowest BCUT2D eigenvalue weighted by Crippen LogP contribution is -2.34. The number of halogens is 8. The molecule has 0 aliphatic heterocycles.